The van der Waals surface area contributed by atoms with E-state index in [9.17, 15) is 4.39 Å². The molecule has 0 amide bonds. The SMILES string of the molecule is NC1(CNc2cc(Cl)ccc2F)CC1. The Balaban J connectivity index is 2.04. The monoisotopic (exact) mass is 214 g/mol. The summed E-state index contributed by atoms with van der Waals surface area (Å²) in [6.45, 7) is 0.601. The van der Waals surface area contributed by atoms with Crippen molar-refractivity contribution in [2.24, 2.45) is 5.73 Å². The Morgan fingerprint density at radius 1 is 1.50 bits per heavy atom. The highest BCUT2D eigenvalue weighted by Crippen LogP contribution is 2.32. The number of nitrogens with one attached hydrogen (secondary N) is 1. The summed E-state index contributed by atoms with van der Waals surface area (Å²) in [6, 6.07) is 4.45. The normalized spacial score (nSPS) is 17.9. The van der Waals surface area contributed by atoms with Crippen LogP contribution in [0.4, 0.5) is 10.1 Å². The van der Waals surface area contributed by atoms with Gasteiger partial charge >= 0.3 is 0 Å². The summed E-state index contributed by atoms with van der Waals surface area (Å²) in [6.07, 6.45) is 2.00. The molecule has 2 nitrogen and oxygen atoms in total. The first-order valence-corrected chi connectivity index (χ1v) is 4.95. The van der Waals surface area contributed by atoms with Crippen LogP contribution < -0.4 is 11.1 Å². The van der Waals surface area contributed by atoms with E-state index in [0.717, 1.165) is 12.8 Å². The second-order valence-corrected chi connectivity index (χ2v) is 4.28. The molecule has 0 radical (unpaired) electrons. The first-order valence-electron chi connectivity index (χ1n) is 4.57. The maximum Gasteiger partial charge on any atom is 0.146 e. The number of halogens is 2. The lowest BCUT2D eigenvalue weighted by atomic mass is 10.2. The van der Waals surface area contributed by atoms with Crippen molar-refractivity contribution in [3.63, 3.8) is 0 Å². The van der Waals surface area contributed by atoms with Crippen LogP contribution in [0.5, 0.6) is 0 Å². The Labute approximate surface area is 87.2 Å². The standard InChI is InChI=1S/C10H12ClFN2/c11-7-1-2-8(12)9(5-7)14-6-10(13)3-4-10/h1-2,5,14H,3-4,6,13H2. The summed E-state index contributed by atoms with van der Waals surface area (Å²) in [5.41, 5.74) is 6.16. The molecule has 1 aliphatic carbocycles. The van der Waals surface area contributed by atoms with Gasteiger partial charge in [-0.1, -0.05) is 11.6 Å². The van der Waals surface area contributed by atoms with E-state index in [1.165, 1.54) is 12.1 Å². The number of rotatable bonds is 3. The lowest BCUT2D eigenvalue weighted by Gasteiger charge is -2.12. The third kappa shape index (κ3) is 2.16. The smallest absolute Gasteiger partial charge is 0.146 e. The minimum Gasteiger partial charge on any atom is -0.381 e. The van der Waals surface area contributed by atoms with Gasteiger partial charge in [0, 0.05) is 17.1 Å². The Kier molecular flexibility index (Phi) is 2.37. The Hall–Kier alpha value is -0.800. The summed E-state index contributed by atoms with van der Waals surface area (Å²) in [5.74, 6) is -0.293. The Morgan fingerprint density at radius 2 is 2.21 bits per heavy atom. The van der Waals surface area contributed by atoms with E-state index in [4.69, 9.17) is 17.3 Å². The van der Waals surface area contributed by atoms with Crippen LogP contribution in [0, 0.1) is 5.82 Å². The Bertz CT molecular complexity index is 350. The maximum absolute atomic E-state index is 13.2. The first kappa shape index (κ1) is 9.74. The van der Waals surface area contributed by atoms with Crippen LogP contribution in [0.2, 0.25) is 5.02 Å². The van der Waals surface area contributed by atoms with Gasteiger partial charge in [-0.15, -0.1) is 0 Å². The van der Waals surface area contributed by atoms with Gasteiger partial charge in [0.25, 0.3) is 0 Å². The molecule has 0 atom stereocenters. The van der Waals surface area contributed by atoms with Gasteiger partial charge in [-0.3, -0.25) is 0 Å². The summed E-state index contributed by atoms with van der Waals surface area (Å²) in [7, 11) is 0. The van der Waals surface area contributed by atoms with Crippen LogP contribution in [0.1, 0.15) is 12.8 Å². The fourth-order valence-corrected chi connectivity index (χ4v) is 1.41. The van der Waals surface area contributed by atoms with E-state index < -0.39 is 0 Å². The van der Waals surface area contributed by atoms with Gasteiger partial charge in [-0.25, -0.2) is 4.39 Å². The zero-order chi connectivity index (χ0) is 10.2. The number of nitrogens with two attached hydrogens (primary N) is 1. The van der Waals surface area contributed by atoms with Gasteiger partial charge in [0.15, 0.2) is 0 Å². The molecular formula is C10H12ClFN2. The molecule has 14 heavy (non-hydrogen) atoms. The van der Waals surface area contributed by atoms with E-state index in [1.807, 2.05) is 0 Å². The van der Waals surface area contributed by atoms with Crippen molar-refractivity contribution < 1.29 is 4.39 Å². The molecule has 76 valence electrons. The topological polar surface area (TPSA) is 38.0 Å². The molecule has 1 saturated carbocycles. The van der Waals surface area contributed by atoms with Crippen molar-refractivity contribution in [1.29, 1.82) is 0 Å². The third-order valence-corrected chi connectivity index (χ3v) is 2.69. The van der Waals surface area contributed by atoms with Crippen LogP contribution in [0.25, 0.3) is 0 Å². The van der Waals surface area contributed by atoms with Gasteiger partial charge in [0.05, 0.1) is 5.69 Å². The summed E-state index contributed by atoms with van der Waals surface area (Å²) >= 11 is 5.74. The predicted octanol–water partition coefficient (Wildman–Crippen LogP) is 2.38. The lowest BCUT2D eigenvalue weighted by Crippen LogP contribution is -2.31. The maximum atomic E-state index is 13.2. The van der Waals surface area contributed by atoms with Crippen molar-refractivity contribution in [2.45, 2.75) is 18.4 Å². The molecule has 0 bridgehead atoms. The molecule has 1 aliphatic rings. The number of benzene rings is 1. The van der Waals surface area contributed by atoms with Gasteiger partial charge in [-0.05, 0) is 31.0 Å². The minimum absolute atomic E-state index is 0.130. The average Bonchev–Trinajstić information content (AvgIpc) is 2.87. The average molecular weight is 215 g/mol. The fourth-order valence-electron chi connectivity index (χ4n) is 1.24. The molecule has 0 unspecified atom stereocenters. The highest BCUT2D eigenvalue weighted by Gasteiger charge is 2.37. The predicted molar refractivity (Wildman–Crippen MR) is 56.1 cm³/mol. The number of anilines is 1. The molecule has 0 aromatic heterocycles. The molecule has 3 N–H and O–H groups in total. The van der Waals surface area contributed by atoms with Crippen molar-refractivity contribution in [2.75, 3.05) is 11.9 Å². The van der Waals surface area contributed by atoms with Crippen molar-refractivity contribution in [3.05, 3.63) is 29.0 Å². The van der Waals surface area contributed by atoms with Crippen LogP contribution >= 0.6 is 11.6 Å². The van der Waals surface area contributed by atoms with E-state index in [-0.39, 0.29) is 11.4 Å². The van der Waals surface area contributed by atoms with Crippen LogP contribution in [-0.2, 0) is 0 Å². The minimum atomic E-state index is -0.293. The van der Waals surface area contributed by atoms with Crippen LogP contribution in [0.15, 0.2) is 18.2 Å². The molecule has 2 rings (SSSR count). The van der Waals surface area contributed by atoms with Gasteiger partial charge in [0.1, 0.15) is 5.82 Å². The van der Waals surface area contributed by atoms with E-state index in [1.54, 1.807) is 6.07 Å². The van der Waals surface area contributed by atoms with E-state index in [2.05, 4.69) is 5.32 Å². The molecule has 0 spiro atoms. The quantitative estimate of drug-likeness (QED) is 0.811. The molecule has 1 aromatic carbocycles. The molecule has 0 heterocycles. The zero-order valence-electron chi connectivity index (χ0n) is 7.69. The van der Waals surface area contributed by atoms with Gasteiger partial charge in [0.2, 0.25) is 0 Å². The highest BCUT2D eigenvalue weighted by molar-refractivity contribution is 6.30. The molecule has 1 aromatic rings. The van der Waals surface area contributed by atoms with Gasteiger partial charge in [-0.2, -0.15) is 0 Å². The second-order valence-electron chi connectivity index (χ2n) is 3.84. The summed E-state index contributed by atoms with van der Waals surface area (Å²) in [4.78, 5) is 0. The molecule has 0 aliphatic heterocycles. The van der Waals surface area contributed by atoms with Crippen LogP contribution in [-0.4, -0.2) is 12.1 Å². The zero-order valence-corrected chi connectivity index (χ0v) is 8.44. The van der Waals surface area contributed by atoms with Crippen molar-refractivity contribution in [1.82, 2.24) is 0 Å². The number of hydrogen-bond donors (Lipinski definition) is 2. The van der Waals surface area contributed by atoms with E-state index in [0.29, 0.717) is 17.3 Å². The third-order valence-electron chi connectivity index (χ3n) is 2.45. The molecular weight excluding hydrogens is 203 g/mol. The molecule has 4 heteroatoms. The highest BCUT2D eigenvalue weighted by atomic mass is 35.5. The number of hydrogen-bond acceptors (Lipinski definition) is 2. The second kappa shape index (κ2) is 3.41. The largest absolute Gasteiger partial charge is 0.381 e. The van der Waals surface area contributed by atoms with E-state index >= 15 is 0 Å². The van der Waals surface area contributed by atoms with Crippen LogP contribution in [0.3, 0.4) is 0 Å². The summed E-state index contributed by atoms with van der Waals surface area (Å²) in [5, 5.41) is 3.50. The Morgan fingerprint density at radius 3 is 2.86 bits per heavy atom. The fraction of sp³-hybridized carbons (Fsp3) is 0.400. The summed E-state index contributed by atoms with van der Waals surface area (Å²) < 4.78 is 13.2. The first-order chi connectivity index (χ1) is 6.59. The van der Waals surface area contributed by atoms with Gasteiger partial charge < -0.3 is 11.1 Å². The molecule has 1 fully saturated rings. The molecule has 0 saturated heterocycles. The van der Waals surface area contributed by atoms with Crippen molar-refractivity contribution >= 4 is 17.3 Å². The van der Waals surface area contributed by atoms with Crippen molar-refractivity contribution in [3.8, 4) is 0 Å². The lowest BCUT2D eigenvalue weighted by molar-refractivity contribution is 0.626.